The molecule has 0 fully saturated rings. The standard InChI is InChI=1S/C14H23N3O/c1-3-5-10-17(4-2)11-14(18)16-13-9-7-6-8-12(13)15/h6-9H,3-5,10-11,15H2,1-2H3,(H,16,18). The highest BCUT2D eigenvalue weighted by Crippen LogP contribution is 2.16. The molecule has 0 unspecified atom stereocenters. The fraction of sp³-hybridized carbons (Fsp3) is 0.500. The van der Waals surface area contributed by atoms with Crippen LogP contribution in [0.5, 0.6) is 0 Å². The Labute approximate surface area is 109 Å². The third kappa shape index (κ3) is 4.75. The summed E-state index contributed by atoms with van der Waals surface area (Å²) in [6, 6.07) is 7.31. The van der Waals surface area contributed by atoms with Crippen molar-refractivity contribution in [2.45, 2.75) is 26.7 Å². The number of likely N-dealkylation sites (N-methyl/N-ethyl adjacent to an activating group) is 1. The van der Waals surface area contributed by atoms with E-state index in [-0.39, 0.29) is 5.91 Å². The molecule has 0 bridgehead atoms. The number of nitrogen functional groups attached to an aromatic ring is 1. The topological polar surface area (TPSA) is 58.4 Å². The molecule has 1 rings (SSSR count). The lowest BCUT2D eigenvalue weighted by Crippen LogP contribution is -2.34. The first-order valence-electron chi connectivity index (χ1n) is 6.54. The van der Waals surface area contributed by atoms with Gasteiger partial charge in [0.15, 0.2) is 0 Å². The molecule has 4 nitrogen and oxygen atoms in total. The highest BCUT2D eigenvalue weighted by atomic mass is 16.2. The van der Waals surface area contributed by atoms with Crippen LogP contribution < -0.4 is 11.1 Å². The SMILES string of the molecule is CCCCN(CC)CC(=O)Nc1ccccc1N. The molecule has 0 atom stereocenters. The van der Waals surface area contributed by atoms with Crippen molar-refractivity contribution in [1.29, 1.82) is 0 Å². The average Bonchev–Trinajstić information content (AvgIpc) is 2.37. The number of nitrogens with two attached hydrogens (primary N) is 1. The highest BCUT2D eigenvalue weighted by Gasteiger charge is 2.09. The second-order valence-corrected chi connectivity index (χ2v) is 4.36. The molecular weight excluding hydrogens is 226 g/mol. The number of nitrogens with one attached hydrogen (secondary N) is 1. The summed E-state index contributed by atoms with van der Waals surface area (Å²) in [5.74, 6) is -0.00847. The summed E-state index contributed by atoms with van der Waals surface area (Å²) in [5.41, 5.74) is 7.07. The molecule has 1 aromatic rings. The van der Waals surface area contributed by atoms with Crippen LogP contribution in [0.15, 0.2) is 24.3 Å². The number of carbonyl (C=O) groups is 1. The Hall–Kier alpha value is -1.55. The zero-order valence-corrected chi connectivity index (χ0v) is 11.3. The van der Waals surface area contributed by atoms with Crippen LogP contribution in [0.3, 0.4) is 0 Å². The van der Waals surface area contributed by atoms with Crippen LogP contribution in [0.25, 0.3) is 0 Å². The Morgan fingerprint density at radius 2 is 2.06 bits per heavy atom. The number of rotatable bonds is 7. The Bertz CT molecular complexity index is 379. The van der Waals surface area contributed by atoms with Crippen LogP contribution in [0.4, 0.5) is 11.4 Å². The summed E-state index contributed by atoms with van der Waals surface area (Å²) < 4.78 is 0. The average molecular weight is 249 g/mol. The summed E-state index contributed by atoms with van der Waals surface area (Å²) >= 11 is 0. The lowest BCUT2D eigenvalue weighted by atomic mass is 10.2. The molecular formula is C14H23N3O. The molecule has 100 valence electrons. The van der Waals surface area contributed by atoms with Crippen molar-refractivity contribution >= 4 is 17.3 Å². The minimum absolute atomic E-state index is 0.00847. The lowest BCUT2D eigenvalue weighted by Gasteiger charge is -2.19. The van der Waals surface area contributed by atoms with E-state index in [0.29, 0.717) is 17.9 Å². The predicted molar refractivity (Wildman–Crippen MR) is 76.5 cm³/mol. The number of unbranched alkanes of at least 4 members (excludes halogenated alkanes) is 1. The first kappa shape index (κ1) is 14.5. The number of amides is 1. The van der Waals surface area contributed by atoms with E-state index in [9.17, 15) is 4.79 Å². The molecule has 18 heavy (non-hydrogen) atoms. The van der Waals surface area contributed by atoms with Crippen molar-refractivity contribution in [1.82, 2.24) is 4.90 Å². The number of hydrogen-bond donors (Lipinski definition) is 2. The van der Waals surface area contributed by atoms with E-state index >= 15 is 0 Å². The third-order valence-electron chi connectivity index (χ3n) is 2.88. The van der Waals surface area contributed by atoms with Gasteiger partial charge in [-0.25, -0.2) is 0 Å². The van der Waals surface area contributed by atoms with Gasteiger partial charge < -0.3 is 11.1 Å². The first-order valence-corrected chi connectivity index (χ1v) is 6.54. The number of nitrogens with zero attached hydrogens (tertiary/aromatic N) is 1. The molecule has 0 radical (unpaired) electrons. The third-order valence-corrected chi connectivity index (χ3v) is 2.88. The molecule has 0 aromatic heterocycles. The lowest BCUT2D eigenvalue weighted by molar-refractivity contribution is -0.117. The van der Waals surface area contributed by atoms with Gasteiger partial charge >= 0.3 is 0 Å². The number of benzene rings is 1. The zero-order chi connectivity index (χ0) is 13.4. The minimum Gasteiger partial charge on any atom is -0.397 e. The molecule has 0 aliphatic heterocycles. The van der Waals surface area contributed by atoms with Gasteiger partial charge in [-0.3, -0.25) is 9.69 Å². The minimum atomic E-state index is -0.00847. The molecule has 0 saturated heterocycles. The quantitative estimate of drug-likeness (QED) is 0.729. The van der Waals surface area contributed by atoms with Gasteiger partial charge in [0.2, 0.25) is 5.91 Å². The number of anilines is 2. The monoisotopic (exact) mass is 249 g/mol. The van der Waals surface area contributed by atoms with Crippen molar-refractivity contribution in [2.24, 2.45) is 0 Å². The molecule has 4 heteroatoms. The summed E-state index contributed by atoms with van der Waals surface area (Å²) in [7, 11) is 0. The molecule has 0 heterocycles. The fourth-order valence-corrected chi connectivity index (χ4v) is 1.73. The molecule has 1 amide bonds. The van der Waals surface area contributed by atoms with Gasteiger partial charge in [0.1, 0.15) is 0 Å². The predicted octanol–water partition coefficient (Wildman–Crippen LogP) is 2.33. The van der Waals surface area contributed by atoms with Crippen molar-refractivity contribution < 1.29 is 4.79 Å². The van der Waals surface area contributed by atoms with E-state index in [1.165, 1.54) is 0 Å². The van der Waals surface area contributed by atoms with E-state index in [1.54, 1.807) is 6.07 Å². The Morgan fingerprint density at radius 3 is 2.67 bits per heavy atom. The molecule has 0 aliphatic rings. The van der Waals surface area contributed by atoms with Crippen LogP contribution >= 0.6 is 0 Å². The van der Waals surface area contributed by atoms with Gasteiger partial charge in [-0.1, -0.05) is 32.4 Å². The van der Waals surface area contributed by atoms with Crippen LogP contribution in [-0.2, 0) is 4.79 Å². The van der Waals surface area contributed by atoms with Crippen molar-refractivity contribution in [2.75, 3.05) is 30.7 Å². The fourth-order valence-electron chi connectivity index (χ4n) is 1.73. The van der Waals surface area contributed by atoms with E-state index in [1.807, 2.05) is 18.2 Å². The molecule has 3 N–H and O–H groups in total. The van der Waals surface area contributed by atoms with Crippen molar-refractivity contribution in [3.63, 3.8) is 0 Å². The van der Waals surface area contributed by atoms with Gasteiger partial charge in [0.05, 0.1) is 17.9 Å². The molecule has 1 aromatic carbocycles. The smallest absolute Gasteiger partial charge is 0.238 e. The summed E-state index contributed by atoms with van der Waals surface area (Å²) in [4.78, 5) is 14.0. The van der Waals surface area contributed by atoms with E-state index in [0.717, 1.165) is 25.9 Å². The second kappa shape index (κ2) is 7.71. The summed E-state index contributed by atoms with van der Waals surface area (Å²) in [6.07, 6.45) is 2.26. The van der Waals surface area contributed by atoms with E-state index in [2.05, 4.69) is 24.1 Å². The molecule has 0 saturated carbocycles. The second-order valence-electron chi connectivity index (χ2n) is 4.36. The van der Waals surface area contributed by atoms with Gasteiger partial charge in [-0.05, 0) is 31.6 Å². The molecule has 0 aliphatic carbocycles. The van der Waals surface area contributed by atoms with E-state index < -0.39 is 0 Å². The van der Waals surface area contributed by atoms with Gasteiger partial charge in [0.25, 0.3) is 0 Å². The number of para-hydroxylation sites is 2. The Balaban J connectivity index is 2.48. The Kier molecular flexibility index (Phi) is 6.22. The normalized spacial score (nSPS) is 10.6. The maximum atomic E-state index is 11.9. The highest BCUT2D eigenvalue weighted by molar-refractivity contribution is 5.95. The maximum Gasteiger partial charge on any atom is 0.238 e. The number of hydrogen-bond acceptors (Lipinski definition) is 3. The van der Waals surface area contributed by atoms with Crippen LogP contribution in [0.1, 0.15) is 26.7 Å². The van der Waals surface area contributed by atoms with Crippen molar-refractivity contribution in [3.05, 3.63) is 24.3 Å². The number of carbonyl (C=O) groups excluding carboxylic acids is 1. The van der Waals surface area contributed by atoms with Gasteiger partial charge in [-0.15, -0.1) is 0 Å². The maximum absolute atomic E-state index is 11.9. The van der Waals surface area contributed by atoms with Crippen LogP contribution in [-0.4, -0.2) is 30.4 Å². The summed E-state index contributed by atoms with van der Waals surface area (Å²) in [6.45, 7) is 6.49. The van der Waals surface area contributed by atoms with Crippen LogP contribution in [0, 0.1) is 0 Å². The van der Waals surface area contributed by atoms with E-state index in [4.69, 9.17) is 5.73 Å². The largest absolute Gasteiger partial charge is 0.397 e. The van der Waals surface area contributed by atoms with Crippen molar-refractivity contribution in [3.8, 4) is 0 Å². The van der Waals surface area contributed by atoms with Gasteiger partial charge in [0, 0.05) is 0 Å². The molecule has 0 spiro atoms. The van der Waals surface area contributed by atoms with Gasteiger partial charge in [-0.2, -0.15) is 0 Å². The van der Waals surface area contributed by atoms with Crippen LogP contribution in [0.2, 0.25) is 0 Å². The first-order chi connectivity index (χ1) is 8.67. The summed E-state index contributed by atoms with van der Waals surface area (Å²) in [5, 5.41) is 2.85. The zero-order valence-electron chi connectivity index (χ0n) is 11.3. The Morgan fingerprint density at radius 1 is 1.33 bits per heavy atom.